The van der Waals surface area contributed by atoms with Gasteiger partial charge in [0.15, 0.2) is 0 Å². The number of nitrogens with zero attached hydrogens (tertiary/aromatic N) is 2. The van der Waals surface area contributed by atoms with Crippen molar-refractivity contribution in [1.82, 2.24) is 20.5 Å². The van der Waals surface area contributed by atoms with Crippen molar-refractivity contribution in [3.8, 4) is 0 Å². The lowest BCUT2D eigenvalue weighted by molar-refractivity contribution is 0.619. The molecule has 4 nitrogen and oxygen atoms in total. The molecule has 0 fully saturated rings. The van der Waals surface area contributed by atoms with Gasteiger partial charge < -0.3 is 5.32 Å². The number of aromatic amines is 1. The molecule has 1 aromatic heterocycles. The molecule has 74 valence electrons. The minimum atomic E-state index is 0.508. The molecule has 0 saturated carbocycles. The first-order valence-corrected chi connectivity index (χ1v) is 5.46. The lowest BCUT2D eigenvalue weighted by atomic mass is 10.4. The summed E-state index contributed by atoms with van der Waals surface area (Å²) >= 11 is 1.67. The fourth-order valence-electron chi connectivity index (χ4n) is 0.994. The minimum Gasteiger partial charge on any atom is -0.314 e. The molecule has 0 amide bonds. The summed E-state index contributed by atoms with van der Waals surface area (Å²) in [5, 5.41) is 11.0. The third kappa shape index (κ3) is 3.78. The van der Waals surface area contributed by atoms with Crippen molar-refractivity contribution in [2.45, 2.75) is 32.0 Å². The van der Waals surface area contributed by atoms with E-state index in [0.29, 0.717) is 6.04 Å². The number of aryl methyl sites for hydroxylation is 1. The SMILES string of the molecule is CCNC(C)CSc1n[nH]c(C)n1. The Kier molecular flexibility index (Phi) is 4.24. The number of H-pyrrole nitrogens is 1. The van der Waals surface area contributed by atoms with Crippen LogP contribution in [0.2, 0.25) is 0 Å². The smallest absolute Gasteiger partial charge is 0.208 e. The van der Waals surface area contributed by atoms with Gasteiger partial charge in [-0.15, -0.1) is 5.10 Å². The molecule has 0 aromatic carbocycles. The van der Waals surface area contributed by atoms with Gasteiger partial charge in [0.05, 0.1) is 0 Å². The maximum Gasteiger partial charge on any atom is 0.208 e. The number of rotatable bonds is 5. The second-order valence-corrected chi connectivity index (χ2v) is 3.96. The summed E-state index contributed by atoms with van der Waals surface area (Å²) in [5.41, 5.74) is 0. The molecule has 0 bridgehead atoms. The highest BCUT2D eigenvalue weighted by Crippen LogP contribution is 2.12. The van der Waals surface area contributed by atoms with Gasteiger partial charge >= 0.3 is 0 Å². The zero-order valence-electron chi connectivity index (χ0n) is 8.29. The summed E-state index contributed by atoms with van der Waals surface area (Å²) in [4.78, 5) is 4.21. The van der Waals surface area contributed by atoms with Gasteiger partial charge in [-0.1, -0.05) is 18.7 Å². The van der Waals surface area contributed by atoms with Crippen LogP contribution in [-0.2, 0) is 0 Å². The lowest BCUT2D eigenvalue weighted by Gasteiger charge is -2.09. The van der Waals surface area contributed by atoms with Crippen molar-refractivity contribution in [1.29, 1.82) is 0 Å². The summed E-state index contributed by atoms with van der Waals surface area (Å²) in [7, 11) is 0. The average Bonchev–Trinajstić information content (AvgIpc) is 2.49. The number of thioether (sulfide) groups is 1. The number of nitrogens with one attached hydrogen (secondary N) is 2. The molecule has 1 rings (SSSR count). The quantitative estimate of drug-likeness (QED) is 0.701. The van der Waals surface area contributed by atoms with Crippen molar-refractivity contribution < 1.29 is 0 Å². The number of aromatic nitrogens is 3. The Morgan fingerprint density at radius 3 is 2.92 bits per heavy atom. The van der Waals surface area contributed by atoms with Crippen LogP contribution in [0.4, 0.5) is 0 Å². The Hall–Kier alpha value is -0.550. The molecule has 1 atom stereocenters. The standard InChI is InChI=1S/C8H16N4S/c1-4-9-6(2)5-13-8-10-7(3)11-12-8/h6,9H,4-5H2,1-3H3,(H,10,11,12). The molecule has 13 heavy (non-hydrogen) atoms. The van der Waals surface area contributed by atoms with Crippen LogP contribution in [-0.4, -0.2) is 33.5 Å². The molecule has 0 spiro atoms. The van der Waals surface area contributed by atoms with E-state index >= 15 is 0 Å². The highest BCUT2D eigenvalue weighted by molar-refractivity contribution is 7.99. The van der Waals surface area contributed by atoms with E-state index in [0.717, 1.165) is 23.3 Å². The van der Waals surface area contributed by atoms with Crippen LogP contribution in [0.5, 0.6) is 0 Å². The van der Waals surface area contributed by atoms with Gasteiger partial charge in [-0.2, -0.15) is 0 Å². The highest BCUT2D eigenvalue weighted by atomic mass is 32.2. The largest absolute Gasteiger partial charge is 0.314 e. The van der Waals surface area contributed by atoms with Crippen LogP contribution in [0, 0.1) is 6.92 Å². The fourth-order valence-corrected chi connectivity index (χ4v) is 1.82. The zero-order chi connectivity index (χ0) is 9.68. The van der Waals surface area contributed by atoms with E-state index in [1.807, 2.05) is 6.92 Å². The van der Waals surface area contributed by atoms with Crippen LogP contribution in [0.15, 0.2) is 5.16 Å². The molecule has 2 N–H and O–H groups in total. The summed E-state index contributed by atoms with van der Waals surface area (Å²) in [5.74, 6) is 1.88. The zero-order valence-corrected chi connectivity index (χ0v) is 9.11. The van der Waals surface area contributed by atoms with Crippen molar-refractivity contribution >= 4 is 11.8 Å². The topological polar surface area (TPSA) is 53.6 Å². The molecular weight excluding hydrogens is 184 g/mol. The monoisotopic (exact) mass is 200 g/mol. The van der Waals surface area contributed by atoms with Crippen molar-refractivity contribution in [2.75, 3.05) is 12.3 Å². The fraction of sp³-hybridized carbons (Fsp3) is 0.750. The van der Waals surface area contributed by atoms with E-state index in [-0.39, 0.29) is 0 Å². The van der Waals surface area contributed by atoms with E-state index in [9.17, 15) is 0 Å². The van der Waals surface area contributed by atoms with Gasteiger partial charge in [-0.25, -0.2) is 4.98 Å². The summed E-state index contributed by atoms with van der Waals surface area (Å²) in [6.07, 6.45) is 0. The van der Waals surface area contributed by atoms with Gasteiger partial charge in [-0.05, 0) is 20.4 Å². The molecule has 0 aliphatic heterocycles. The van der Waals surface area contributed by atoms with Crippen LogP contribution < -0.4 is 5.32 Å². The van der Waals surface area contributed by atoms with Gasteiger partial charge in [0.1, 0.15) is 5.82 Å². The number of hydrogen-bond donors (Lipinski definition) is 2. The number of hydrogen-bond acceptors (Lipinski definition) is 4. The van der Waals surface area contributed by atoms with E-state index in [2.05, 4.69) is 34.3 Å². The summed E-state index contributed by atoms with van der Waals surface area (Å²) in [6.45, 7) is 7.19. The molecule has 1 unspecified atom stereocenters. The van der Waals surface area contributed by atoms with Crippen LogP contribution in [0.3, 0.4) is 0 Å². The maximum absolute atomic E-state index is 4.21. The van der Waals surface area contributed by atoms with E-state index in [4.69, 9.17) is 0 Å². The Balaban J connectivity index is 2.26. The van der Waals surface area contributed by atoms with Crippen LogP contribution in [0.25, 0.3) is 0 Å². The van der Waals surface area contributed by atoms with E-state index in [1.165, 1.54) is 0 Å². The Bertz CT molecular complexity index is 248. The van der Waals surface area contributed by atoms with Gasteiger partial charge in [0.25, 0.3) is 0 Å². The minimum absolute atomic E-state index is 0.508. The van der Waals surface area contributed by atoms with Crippen molar-refractivity contribution in [3.05, 3.63) is 5.82 Å². The van der Waals surface area contributed by atoms with E-state index < -0.39 is 0 Å². The molecule has 1 aromatic rings. The summed E-state index contributed by atoms with van der Waals surface area (Å²) in [6, 6.07) is 0.508. The molecule has 0 saturated heterocycles. The first-order chi connectivity index (χ1) is 6.22. The van der Waals surface area contributed by atoms with Crippen molar-refractivity contribution in [2.24, 2.45) is 0 Å². The Morgan fingerprint density at radius 2 is 2.38 bits per heavy atom. The molecule has 1 heterocycles. The van der Waals surface area contributed by atoms with E-state index in [1.54, 1.807) is 11.8 Å². The highest BCUT2D eigenvalue weighted by Gasteiger charge is 2.04. The molecule has 0 radical (unpaired) electrons. The normalized spacial score (nSPS) is 13.2. The Morgan fingerprint density at radius 1 is 1.62 bits per heavy atom. The molecule has 5 heteroatoms. The molecule has 0 aliphatic rings. The predicted molar refractivity (Wildman–Crippen MR) is 55.0 cm³/mol. The first kappa shape index (κ1) is 10.5. The van der Waals surface area contributed by atoms with Gasteiger partial charge in [0, 0.05) is 11.8 Å². The van der Waals surface area contributed by atoms with Crippen LogP contribution >= 0.6 is 11.8 Å². The van der Waals surface area contributed by atoms with Gasteiger partial charge in [-0.3, -0.25) is 5.10 Å². The first-order valence-electron chi connectivity index (χ1n) is 4.47. The van der Waals surface area contributed by atoms with Gasteiger partial charge in [0.2, 0.25) is 5.16 Å². The lowest BCUT2D eigenvalue weighted by Crippen LogP contribution is -2.27. The van der Waals surface area contributed by atoms with Crippen molar-refractivity contribution in [3.63, 3.8) is 0 Å². The summed E-state index contributed by atoms with van der Waals surface area (Å²) < 4.78 is 0. The third-order valence-electron chi connectivity index (χ3n) is 1.59. The molecule has 0 aliphatic carbocycles. The Labute approximate surface area is 82.9 Å². The second kappa shape index (κ2) is 5.24. The predicted octanol–water partition coefficient (Wildman–Crippen LogP) is 1.20. The third-order valence-corrected chi connectivity index (χ3v) is 2.70. The average molecular weight is 200 g/mol. The maximum atomic E-state index is 4.21. The van der Waals surface area contributed by atoms with Crippen LogP contribution in [0.1, 0.15) is 19.7 Å². The molecular formula is C8H16N4S. The second-order valence-electron chi connectivity index (χ2n) is 2.97.